The smallest absolute Gasteiger partial charge is 0.270 e. The third-order valence-electron chi connectivity index (χ3n) is 4.10. The van der Waals surface area contributed by atoms with Gasteiger partial charge in [-0.15, -0.1) is 10.2 Å². The zero-order valence-electron chi connectivity index (χ0n) is 14.1. The van der Waals surface area contributed by atoms with Gasteiger partial charge in [-0.2, -0.15) is 5.26 Å². The molecule has 0 amide bonds. The van der Waals surface area contributed by atoms with Crippen LogP contribution in [0.5, 0.6) is 0 Å². The molecule has 1 fully saturated rings. The third kappa shape index (κ3) is 3.54. The maximum absolute atomic E-state index is 10.9. The van der Waals surface area contributed by atoms with Crippen LogP contribution in [-0.4, -0.2) is 18.0 Å². The molecule has 0 bridgehead atoms. The molecule has 0 aliphatic carbocycles. The van der Waals surface area contributed by atoms with E-state index < -0.39 is 4.92 Å². The highest BCUT2D eigenvalue weighted by atomic mass is 32.1. The van der Waals surface area contributed by atoms with Crippen molar-refractivity contribution in [2.24, 2.45) is 10.2 Å². The van der Waals surface area contributed by atoms with E-state index in [2.05, 4.69) is 21.2 Å². The molecular formula is C19H13N5O2S. The highest BCUT2D eigenvalue weighted by molar-refractivity contribution is 7.20. The second-order valence-electron chi connectivity index (χ2n) is 5.93. The van der Waals surface area contributed by atoms with Gasteiger partial charge in [0.05, 0.1) is 15.5 Å². The highest BCUT2D eigenvalue weighted by Gasteiger charge is 2.22. The van der Waals surface area contributed by atoms with E-state index in [9.17, 15) is 15.4 Å². The normalized spacial score (nSPS) is 12.9. The molecule has 1 saturated heterocycles. The summed E-state index contributed by atoms with van der Waals surface area (Å²) in [5.41, 5.74) is 2.31. The first-order valence-corrected chi connectivity index (χ1v) is 9.02. The quantitative estimate of drug-likeness (QED) is 0.257. The van der Waals surface area contributed by atoms with Crippen LogP contribution >= 0.6 is 11.3 Å². The van der Waals surface area contributed by atoms with Crippen molar-refractivity contribution < 1.29 is 4.92 Å². The van der Waals surface area contributed by atoms with E-state index in [1.807, 2.05) is 36.4 Å². The van der Waals surface area contributed by atoms with Gasteiger partial charge in [0.2, 0.25) is 0 Å². The first-order chi connectivity index (χ1) is 13.2. The van der Waals surface area contributed by atoms with Crippen molar-refractivity contribution in [3.05, 3.63) is 70.3 Å². The lowest BCUT2D eigenvalue weighted by Gasteiger charge is -1.99. The van der Waals surface area contributed by atoms with Crippen molar-refractivity contribution in [2.45, 2.75) is 0 Å². The van der Waals surface area contributed by atoms with Crippen molar-refractivity contribution in [2.75, 3.05) is 18.0 Å². The molecule has 1 aromatic heterocycles. The van der Waals surface area contributed by atoms with Gasteiger partial charge in [-0.25, -0.2) is 0 Å². The molecule has 27 heavy (non-hydrogen) atoms. The maximum atomic E-state index is 10.9. The van der Waals surface area contributed by atoms with Gasteiger partial charge in [-0.05, 0) is 17.7 Å². The monoisotopic (exact) mass is 375 g/mol. The minimum absolute atomic E-state index is 0.122. The van der Waals surface area contributed by atoms with Gasteiger partial charge < -0.3 is 4.90 Å². The third-order valence-corrected chi connectivity index (χ3v) is 5.18. The summed E-state index contributed by atoms with van der Waals surface area (Å²) >= 11 is 1.54. The second-order valence-corrected chi connectivity index (χ2v) is 6.94. The molecule has 7 nitrogen and oxygen atoms in total. The number of benzene rings is 2. The van der Waals surface area contributed by atoms with E-state index >= 15 is 0 Å². The molecule has 0 saturated carbocycles. The Morgan fingerprint density at radius 2 is 1.89 bits per heavy atom. The van der Waals surface area contributed by atoms with E-state index in [1.54, 1.807) is 11.3 Å². The van der Waals surface area contributed by atoms with Crippen molar-refractivity contribution in [1.82, 2.24) is 0 Å². The van der Waals surface area contributed by atoms with Gasteiger partial charge in [0, 0.05) is 30.8 Å². The Hall–Kier alpha value is -3.57. The molecular weight excluding hydrogens is 362 g/mol. The number of rotatable bonds is 5. The Balaban J connectivity index is 1.72. The van der Waals surface area contributed by atoms with Gasteiger partial charge in [0.25, 0.3) is 5.69 Å². The Morgan fingerprint density at radius 3 is 2.56 bits per heavy atom. The van der Waals surface area contributed by atoms with E-state index in [0.29, 0.717) is 5.69 Å². The first kappa shape index (κ1) is 16.9. The summed E-state index contributed by atoms with van der Waals surface area (Å²) < 4.78 is 0. The Labute approximate surface area is 159 Å². The number of hydrogen-bond donors (Lipinski definition) is 0. The van der Waals surface area contributed by atoms with Crippen LogP contribution in [0.15, 0.2) is 64.8 Å². The van der Waals surface area contributed by atoms with E-state index in [-0.39, 0.29) is 11.3 Å². The van der Waals surface area contributed by atoms with Crippen LogP contribution in [0, 0.1) is 21.4 Å². The van der Waals surface area contributed by atoms with Gasteiger partial charge in [0.1, 0.15) is 16.8 Å². The predicted molar refractivity (Wildman–Crippen MR) is 104 cm³/mol. The number of nitriles is 1. The molecule has 0 radical (unpaired) electrons. The van der Waals surface area contributed by atoms with Crippen molar-refractivity contribution >= 4 is 32.7 Å². The van der Waals surface area contributed by atoms with Crippen LogP contribution < -0.4 is 4.90 Å². The minimum atomic E-state index is -0.537. The highest BCUT2D eigenvalue weighted by Crippen LogP contribution is 2.45. The fourth-order valence-corrected chi connectivity index (χ4v) is 3.66. The van der Waals surface area contributed by atoms with Crippen molar-refractivity contribution in [3.8, 4) is 17.2 Å². The molecule has 2 aromatic carbocycles. The Morgan fingerprint density at radius 1 is 1.11 bits per heavy atom. The molecule has 1 aliphatic rings. The summed E-state index contributed by atoms with van der Waals surface area (Å²) in [4.78, 5) is 12.6. The molecule has 0 spiro atoms. The number of hydrogen-bond acceptors (Lipinski definition) is 7. The van der Waals surface area contributed by atoms with Gasteiger partial charge in [0.15, 0.2) is 0 Å². The van der Waals surface area contributed by atoms with Crippen LogP contribution in [-0.2, 0) is 0 Å². The van der Waals surface area contributed by atoms with Gasteiger partial charge in [-0.1, -0.05) is 41.7 Å². The van der Waals surface area contributed by atoms with Crippen LogP contribution in [0.4, 0.5) is 21.4 Å². The molecule has 8 heteroatoms. The SMILES string of the molecule is N#Cc1cc([N+](=O)[O-])ccc1N=Nc1sc(N2CC2)cc1-c1ccccc1. The first-order valence-electron chi connectivity index (χ1n) is 8.20. The van der Waals surface area contributed by atoms with Crippen LogP contribution in [0.1, 0.15) is 5.56 Å². The molecule has 0 atom stereocenters. The Bertz CT molecular complexity index is 1080. The molecule has 4 rings (SSSR count). The lowest BCUT2D eigenvalue weighted by molar-refractivity contribution is -0.384. The number of nitro benzene ring substituents is 1. The average Bonchev–Trinajstić information content (AvgIpc) is 3.46. The molecule has 2 heterocycles. The largest absolute Gasteiger partial charge is 0.360 e. The molecule has 0 unspecified atom stereocenters. The molecule has 1 aliphatic heterocycles. The number of non-ortho nitro benzene ring substituents is 1. The van der Waals surface area contributed by atoms with Crippen molar-refractivity contribution in [3.63, 3.8) is 0 Å². The molecule has 132 valence electrons. The van der Waals surface area contributed by atoms with Crippen LogP contribution in [0.25, 0.3) is 11.1 Å². The molecule has 3 aromatic rings. The summed E-state index contributed by atoms with van der Waals surface area (Å²) in [5, 5.41) is 30.6. The average molecular weight is 375 g/mol. The minimum Gasteiger partial charge on any atom is -0.360 e. The number of anilines is 1. The van der Waals surface area contributed by atoms with Crippen LogP contribution in [0.3, 0.4) is 0 Å². The van der Waals surface area contributed by atoms with Crippen molar-refractivity contribution in [1.29, 1.82) is 5.26 Å². The predicted octanol–water partition coefficient (Wildman–Crippen LogP) is 5.43. The Kier molecular flexibility index (Phi) is 4.36. The van der Waals surface area contributed by atoms with E-state index in [0.717, 1.165) is 34.2 Å². The summed E-state index contributed by atoms with van der Waals surface area (Å²) in [6.45, 7) is 2.07. The van der Waals surface area contributed by atoms with Gasteiger partial charge in [-0.3, -0.25) is 10.1 Å². The number of nitro groups is 1. The number of azo groups is 1. The standard InChI is InChI=1S/C19H13N5O2S/c20-12-14-10-15(24(25)26)6-7-17(14)21-22-19-16(13-4-2-1-3-5-13)11-18(27-19)23-8-9-23/h1-7,10-11H,8-9H2. The zero-order chi connectivity index (χ0) is 18.8. The van der Waals surface area contributed by atoms with E-state index in [4.69, 9.17) is 0 Å². The zero-order valence-corrected chi connectivity index (χ0v) is 14.9. The fourth-order valence-electron chi connectivity index (χ4n) is 2.61. The lowest BCUT2D eigenvalue weighted by atomic mass is 10.1. The summed E-state index contributed by atoms with van der Waals surface area (Å²) in [5.74, 6) is 0. The topological polar surface area (TPSA) is 94.7 Å². The maximum Gasteiger partial charge on any atom is 0.270 e. The van der Waals surface area contributed by atoms with Gasteiger partial charge >= 0.3 is 0 Å². The fraction of sp³-hybridized carbons (Fsp3) is 0.105. The molecule has 0 N–H and O–H groups in total. The summed E-state index contributed by atoms with van der Waals surface area (Å²) in [7, 11) is 0. The van der Waals surface area contributed by atoms with Crippen LogP contribution in [0.2, 0.25) is 0 Å². The lowest BCUT2D eigenvalue weighted by Crippen LogP contribution is -1.88. The summed E-state index contributed by atoms with van der Waals surface area (Å²) in [6, 6.07) is 17.9. The summed E-state index contributed by atoms with van der Waals surface area (Å²) in [6.07, 6.45) is 0. The van der Waals surface area contributed by atoms with E-state index in [1.165, 1.54) is 18.2 Å². The number of nitrogens with zero attached hydrogens (tertiary/aromatic N) is 5. The number of thiophene rings is 1. The second kappa shape index (κ2) is 6.97.